The summed E-state index contributed by atoms with van der Waals surface area (Å²) in [4.78, 5) is 5.58. The first-order chi connectivity index (χ1) is 9.61. The molecular formula is C15H22N4S. The molecule has 0 bridgehead atoms. The number of nitriles is 1. The van der Waals surface area contributed by atoms with Crippen LogP contribution in [-0.2, 0) is 0 Å². The highest BCUT2D eigenvalue weighted by molar-refractivity contribution is 7.17. The van der Waals surface area contributed by atoms with E-state index in [1.165, 1.54) is 29.8 Å². The van der Waals surface area contributed by atoms with Gasteiger partial charge < -0.3 is 15.5 Å². The number of hydrogen-bond acceptors (Lipinski definition) is 5. The van der Waals surface area contributed by atoms with Gasteiger partial charge >= 0.3 is 0 Å². The van der Waals surface area contributed by atoms with Crippen LogP contribution in [0.3, 0.4) is 0 Å². The molecule has 1 saturated heterocycles. The van der Waals surface area contributed by atoms with Gasteiger partial charge in [0.2, 0.25) is 0 Å². The summed E-state index contributed by atoms with van der Waals surface area (Å²) >= 11 is 1.60. The lowest BCUT2D eigenvalue weighted by atomic mass is 10.1. The molecule has 5 heteroatoms. The van der Waals surface area contributed by atoms with Crippen LogP contribution >= 0.6 is 11.3 Å². The minimum atomic E-state index is 0.476. The molecular weight excluding hydrogens is 268 g/mol. The van der Waals surface area contributed by atoms with E-state index >= 15 is 0 Å². The predicted molar refractivity (Wildman–Crippen MR) is 84.3 cm³/mol. The van der Waals surface area contributed by atoms with Crippen LogP contribution in [-0.4, -0.2) is 37.6 Å². The zero-order valence-corrected chi connectivity index (χ0v) is 13.0. The molecule has 2 aliphatic rings. The average molecular weight is 290 g/mol. The van der Waals surface area contributed by atoms with Crippen molar-refractivity contribution in [3.8, 4) is 6.07 Å². The molecule has 0 aromatic carbocycles. The van der Waals surface area contributed by atoms with Crippen LogP contribution in [0.1, 0.15) is 42.5 Å². The molecule has 1 aromatic heterocycles. The maximum Gasteiger partial charge on any atom is 0.130 e. The van der Waals surface area contributed by atoms with Crippen molar-refractivity contribution in [2.75, 3.05) is 37.3 Å². The number of thiophene rings is 1. The molecule has 1 aromatic rings. The van der Waals surface area contributed by atoms with Gasteiger partial charge in [0.25, 0.3) is 0 Å². The third-order valence-electron chi connectivity index (χ3n) is 4.36. The molecule has 1 saturated carbocycles. The Morgan fingerprint density at radius 1 is 1.35 bits per heavy atom. The maximum absolute atomic E-state index is 9.27. The van der Waals surface area contributed by atoms with Crippen LogP contribution in [0.15, 0.2) is 0 Å². The second-order valence-corrected chi connectivity index (χ2v) is 7.11. The van der Waals surface area contributed by atoms with Gasteiger partial charge in [0.05, 0.1) is 10.7 Å². The number of nitrogen functional groups attached to an aromatic ring is 1. The molecule has 1 aliphatic carbocycles. The summed E-state index contributed by atoms with van der Waals surface area (Å²) in [6.07, 6.45) is 3.62. The maximum atomic E-state index is 9.27. The van der Waals surface area contributed by atoms with E-state index < -0.39 is 0 Å². The zero-order chi connectivity index (χ0) is 14.3. The van der Waals surface area contributed by atoms with Gasteiger partial charge in [-0.3, -0.25) is 0 Å². The van der Waals surface area contributed by atoms with Crippen molar-refractivity contribution in [3.63, 3.8) is 0 Å². The van der Waals surface area contributed by atoms with Gasteiger partial charge in [0, 0.05) is 24.7 Å². The van der Waals surface area contributed by atoms with E-state index in [0.717, 1.165) is 25.3 Å². The molecule has 2 heterocycles. The van der Waals surface area contributed by atoms with Crippen LogP contribution in [0.2, 0.25) is 0 Å². The minimum absolute atomic E-state index is 0.476. The highest BCUT2D eigenvalue weighted by Gasteiger charge is 2.34. The molecule has 3 rings (SSSR count). The van der Waals surface area contributed by atoms with Crippen molar-refractivity contribution < 1.29 is 0 Å². The quantitative estimate of drug-likeness (QED) is 0.909. The molecule has 1 unspecified atom stereocenters. The summed E-state index contributed by atoms with van der Waals surface area (Å²) < 4.78 is 0. The molecule has 4 nitrogen and oxygen atoms in total. The monoisotopic (exact) mass is 290 g/mol. The minimum Gasteiger partial charge on any atom is -0.397 e. The van der Waals surface area contributed by atoms with E-state index in [9.17, 15) is 5.26 Å². The summed E-state index contributed by atoms with van der Waals surface area (Å²) in [5, 5.41) is 10.5. The molecule has 2 N–H and O–H groups in total. The summed E-state index contributed by atoms with van der Waals surface area (Å²) in [6.45, 7) is 5.56. The average Bonchev–Trinajstić information content (AvgIpc) is 3.20. The zero-order valence-electron chi connectivity index (χ0n) is 12.2. The van der Waals surface area contributed by atoms with E-state index in [0.29, 0.717) is 16.8 Å². The predicted octanol–water partition coefficient (Wildman–Crippen LogP) is 2.61. The van der Waals surface area contributed by atoms with Crippen molar-refractivity contribution in [1.29, 1.82) is 5.26 Å². The van der Waals surface area contributed by atoms with Gasteiger partial charge in [-0.1, -0.05) is 0 Å². The fraction of sp³-hybridized carbons (Fsp3) is 0.667. The first-order valence-corrected chi connectivity index (χ1v) is 8.21. The molecule has 108 valence electrons. The van der Waals surface area contributed by atoms with Crippen molar-refractivity contribution in [1.82, 2.24) is 4.90 Å². The van der Waals surface area contributed by atoms with E-state index in [2.05, 4.69) is 29.8 Å². The Morgan fingerprint density at radius 2 is 2.10 bits per heavy atom. The Morgan fingerprint density at radius 3 is 2.75 bits per heavy atom. The van der Waals surface area contributed by atoms with Gasteiger partial charge in [0.15, 0.2) is 0 Å². The largest absolute Gasteiger partial charge is 0.397 e. The number of nitrogens with zero attached hydrogens (tertiary/aromatic N) is 3. The molecule has 0 amide bonds. The van der Waals surface area contributed by atoms with Crippen molar-refractivity contribution in [2.24, 2.45) is 0 Å². The van der Waals surface area contributed by atoms with Crippen molar-refractivity contribution >= 4 is 22.0 Å². The Hall–Kier alpha value is -1.25. The Bertz CT molecular complexity index is 541. The standard InChI is InChI=1S/C15H22N4S/c1-10-9-18(2)6-3-7-19(10)15-13(11-4-5-11)14(17)12(8-16)20-15/h10-11H,3-7,9,17H2,1-2H3. The second-order valence-electron chi connectivity index (χ2n) is 6.11. The van der Waals surface area contributed by atoms with Gasteiger partial charge in [-0.15, -0.1) is 11.3 Å². The summed E-state index contributed by atoms with van der Waals surface area (Å²) in [5.74, 6) is 0.594. The van der Waals surface area contributed by atoms with Crippen LogP contribution in [0, 0.1) is 11.3 Å². The molecule has 1 aliphatic heterocycles. The topological polar surface area (TPSA) is 56.3 Å². The van der Waals surface area contributed by atoms with E-state index in [1.807, 2.05) is 0 Å². The number of anilines is 2. The summed E-state index contributed by atoms with van der Waals surface area (Å²) in [5.41, 5.74) is 8.24. The van der Waals surface area contributed by atoms with Crippen LogP contribution in [0.5, 0.6) is 0 Å². The molecule has 0 radical (unpaired) electrons. The third kappa shape index (κ3) is 2.38. The van der Waals surface area contributed by atoms with Crippen LogP contribution < -0.4 is 10.6 Å². The fourth-order valence-corrected chi connectivity index (χ4v) is 4.42. The van der Waals surface area contributed by atoms with Crippen molar-refractivity contribution in [2.45, 2.75) is 38.1 Å². The van der Waals surface area contributed by atoms with Gasteiger partial charge in [-0.05, 0) is 45.7 Å². The fourth-order valence-electron chi connectivity index (χ4n) is 3.18. The third-order valence-corrected chi connectivity index (χ3v) is 5.52. The highest BCUT2D eigenvalue weighted by Crippen LogP contribution is 2.52. The normalized spacial score (nSPS) is 24.4. The number of rotatable bonds is 2. The highest BCUT2D eigenvalue weighted by atomic mass is 32.1. The van der Waals surface area contributed by atoms with Crippen LogP contribution in [0.4, 0.5) is 10.7 Å². The number of nitrogens with two attached hydrogens (primary N) is 1. The smallest absolute Gasteiger partial charge is 0.130 e. The molecule has 1 atom stereocenters. The van der Waals surface area contributed by atoms with Crippen molar-refractivity contribution in [3.05, 3.63) is 10.4 Å². The molecule has 2 fully saturated rings. The summed E-state index contributed by atoms with van der Waals surface area (Å²) in [6, 6.07) is 2.75. The van der Waals surface area contributed by atoms with E-state index in [1.54, 1.807) is 11.3 Å². The summed E-state index contributed by atoms with van der Waals surface area (Å²) in [7, 11) is 2.19. The second kappa shape index (κ2) is 5.27. The van der Waals surface area contributed by atoms with E-state index in [-0.39, 0.29) is 0 Å². The number of hydrogen-bond donors (Lipinski definition) is 1. The van der Waals surface area contributed by atoms with Gasteiger partial charge in [-0.2, -0.15) is 5.26 Å². The molecule has 0 spiro atoms. The first kappa shape index (κ1) is 13.7. The first-order valence-electron chi connectivity index (χ1n) is 7.39. The molecule has 20 heavy (non-hydrogen) atoms. The SMILES string of the molecule is CC1CN(C)CCCN1c1sc(C#N)c(N)c1C1CC1. The lowest BCUT2D eigenvalue weighted by Gasteiger charge is -2.30. The number of likely N-dealkylation sites (N-methyl/N-ethyl adjacent to an activating group) is 1. The van der Waals surface area contributed by atoms with E-state index in [4.69, 9.17) is 5.73 Å². The lowest BCUT2D eigenvalue weighted by molar-refractivity contribution is 0.337. The Kier molecular flexibility index (Phi) is 3.61. The van der Waals surface area contributed by atoms with Gasteiger partial charge in [0.1, 0.15) is 10.9 Å². The lowest BCUT2D eigenvalue weighted by Crippen LogP contribution is -2.37. The Labute approximate surface area is 124 Å². The van der Waals surface area contributed by atoms with Crippen LogP contribution in [0.25, 0.3) is 0 Å². The Balaban J connectivity index is 1.98. The van der Waals surface area contributed by atoms with Gasteiger partial charge in [-0.25, -0.2) is 0 Å².